The molecule has 10 atom stereocenters. The van der Waals surface area contributed by atoms with E-state index in [9.17, 15) is 69.0 Å². The number of nitrogens with one attached hydrogen (secondary N) is 4. The molecule has 85 heavy (non-hydrogen) atoms. The zero-order valence-corrected chi connectivity index (χ0v) is 50.5. The first-order chi connectivity index (χ1) is 40.5. The molecule has 3 aliphatic rings. The molecule has 10 N–H and O–H groups in total. The number of anilines is 3. The van der Waals surface area contributed by atoms with Gasteiger partial charge < -0.3 is 80.7 Å². The molecule has 3 fully saturated rings. The van der Waals surface area contributed by atoms with Gasteiger partial charge in [0, 0.05) is 136 Å². The van der Waals surface area contributed by atoms with Crippen LogP contribution in [0.4, 0.5) is 17.8 Å². The van der Waals surface area contributed by atoms with Crippen molar-refractivity contribution in [2.75, 3.05) is 81.2 Å². The second-order valence-electron chi connectivity index (χ2n) is 23.3. The Morgan fingerprint density at radius 2 is 0.894 bits per heavy atom. The van der Waals surface area contributed by atoms with Crippen molar-refractivity contribution in [3.63, 3.8) is 0 Å². The average Bonchev–Trinajstić information content (AvgIpc) is 3.07. The fourth-order valence-corrected chi connectivity index (χ4v) is 10.00. The number of nitrogens with zero attached hydrogens (tertiary/aromatic N) is 5. The molecule has 0 aromatic carbocycles. The number of ether oxygens (including phenoxy) is 4. The molecule has 0 radical (unpaired) electrons. The predicted molar refractivity (Wildman–Crippen MR) is 310 cm³/mol. The van der Waals surface area contributed by atoms with E-state index in [2.05, 4.69) is 36.2 Å². The monoisotopic (exact) mass is 1210 g/mol. The summed E-state index contributed by atoms with van der Waals surface area (Å²) >= 11 is 0. The van der Waals surface area contributed by atoms with Crippen LogP contribution in [0.2, 0.25) is 0 Å². The number of hydrogen-bond acceptors (Lipinski definition) is 24. The Balaban J connectivity index is 1.15. The number of piperazine rings is 1. The lowest BCUT2D eigenvalue weighted by Crippen LogP contribution is -2.64. The van der Waals surface area contributed by atoms with Crippen molar-refractivity contribution in [3.05, 3.63) is 0 Å². The summed E-state index contributed by atoms with van der Waals surface area (Å²) in [6.45, 7) is 9.60. The van der Waals surface area contributed by atoms with E-state index in [1.165, 1.54) is 13.8 Å². The highest BCUT2D eigenvalue weighted by atomic mass is 16.7. The Hall–Kier alpha value is -5.23. The Morgan fingerprint density at radius 3 is 1.27 bits per heavy atom. The highest BCUT2D eigenvalue weighted by molar-refractivity contribution is 5.84. The molecule has 3 saturated heterocycles. The van der Waals surface area contributed by atoms with Gasteiger partial charge in [-0.15, -0.1) is 0 Å². The standard InChI is InChI=1S/C58H97N9O18/c1-37(70)61-47-51(80)49(78)43(35-68)84-53(47)82-33-14-12-21-39(72)17-8-6-10-19-41(74)25-27-59-55-63-56(65-57(64-55)67-31-29-66(30-32-67)46(77)24-16-23-45(76)58(3,4)5)60-28-26-42(75)20-11-7-9-18-40(73)22-13-15-34-83-54-48(62-38(2)71)52(81)50(79)44(36-69)85-54/h43-44,47-54,68-69,78-81H,6-36H2,1-5H3,(H,61,70)(H,62,71)(H2,59,60,63,64,65). The van der Waals surface area contributed by atoms with Crippen molar-refractivity contribution in [2.24, 2.45) is 5.41 Å². The Kier molecular flexibility index (Phi) is 32.4. The van der Waals surface area contributed by atoms with E-state index in [1.54, 1.807) is 4.90 Å². The highest BCUT2D eigenvalue weighted by Crippen LogP contribution is 2.25. The molecule has 27 heteroatoms. The lowest BCUT2D eigenvalue weighted by molar-refractivity contribution is -0.270. The number of unbranched alkanes of at least 4 members (excludes halogenated alkanes) is 6. The molecule has 482 valence electrons. The van der Waals surface area contributed by atoms with E-state index < -0.39 is 91.7 Å². The van der Waals surface area contributed by atoms with Crippen LogP contribution in [0.15, 0.2) is 0 Å². The number of carbonyl (C=O) groups is 8. The van der Waals surface area contributed by atoms with Crippen molar-refractivity contribution >= 4 is 64.5 Å². The van der Waals surface area contributed by atoms with Gasteiger partial charge >= 0.3 is 0 Å². The van der Waals surface area contributed by atoms with Crippen LogP contribution < -0.4 is 26.2 Å². The molecule has 3 amide bonds. The van der Waals surface area contributed by atoms with Gasteiger partial charge in [0.25, 0.3) is 0 Å². The quantitative estimate of drug-likeness (QED) is 0.0414. The van der Waals surface area contributed by atoms with E-state index in [4.69, 9.17) is 18.9 Å². The van der Waals surface area contributed by atoms with Crippen LogP contribution in [0.25, 0.3) is 0 Å². The molecule has 4 heterocycles. The first kappa shape index (κ1) is 72.2. The summed E-state index contributed by atoms with van der Waals surface area (Å²) in [6, 6.07) is -2.07. The summed E-state index contributed by atoms with van der Waals surface area (Å²) in [5, 5.41) is 71.6. The van der Waals surface area contributed by atoms with E-state index in [1.807, 2.05) is 25.7 Å². The van der Waals surface area contributed by atoms with E-state index in [-0.39, 0.29) is 92.3 Å². The van der Waals surface area contributed by atoms with E-state index in [0.717, 1.165) is 0 Å². The zero-order valence-electron chi connectivity index (χ0n) is 50.5. The SMILES string of the molecule is CC(=O)NC1C(OCCCCC(=O)CCCCCC(=O)CCNc2nc(NCCC(=O)CCCCCC(=O)CCCCOC3OC(CO)C(O)C(O)C3NC(C)=O)nc(N3CCN(C(=O)CCCC(=O)C(C)(C)C)CC3)n2)OC(CO)C(O)C1O. The minimum absolute atomic E-state index is 0.0172. The molecular formula is C58H97N9O18. The fraction of sp³-hybridized carbons (Fsp3) is 0.810. The number of rotatable bonds is 41. The number of aliphatic hydroxyl groups excluding tert-OH is 6. The lowest BCUT2D eigenvalue weighted by Gasteiger charge is -2.42. The molecule has 27 nitrogen and oxygen atoms in total. The Morgan fingerprint density at radius 1 is 0.506 bits per heavy atom. The summed E-state index contributed by atoms with van der Waals surface area (Å²) < 4.78 is 22.6. The number of Topliss-reactive ketones (excluding diaryl/α,β-unsaturated/α-hetero) is 5. The van der Waals surface area contributed by atoms with Gasteiger partial charge in [-0.3, -0.25) is 38.4 Å². The van der Waals surface area contributed by atoms with Crippen molar-refractivity contribution < 1.29 is 87.9 Å². The number of carbonyl (C=O) groups excluding carboxylic acids is 8. The molecule has 3 aliphatic heterocycles. The number of aromatic nitrogens is 3. The van der Waals surface area contributed by atoms with Crippen LogP contribution in [0, 0.1) is 5.41 Å². The molecule has 10 unspecified atom stereocenters. The summed E-state index contributed by atoms with van der Waals surface area (Å²) in [5.41, 5.74) is -0.457. The smallest absolute Gasteiger partial charge is 0.232 e. The summed E-state index contributed by atoms with van der Waals surface area (Å²) in [7, 11) is 0. The van der Waals surface area contributed by atoms with Crippen molar-refractivity contribution in [1.29, 1.82) is 0 Å². The normalized spacial score (nSPS) is 23.5. The molecule has 1 aromatic heterocycles. The van der Waals surface area contributed by atoms with Crippen LogP contribution in [0.1, 0.15) is 169 Å². The van der Waals surface area contributed by atoms with Crippen molar-refractivity contribution in [2.45, 2.75) is 231 Å². The number of amides is 3. The van der Waals surface area contributed by atoms with Crippen LogP contribution in [0.3, 0.4) is 0 Å². The summed E-state index contributed by atoms with van der Waals surface area (Å²) in [6.07, 6.45) is -0.406. The molecule has 0 saturated carbocycles. The maximum Gasteiger partial charge on any atom is 0.232 e. The van der Waals surface area contributed by atoms with Gasteiger partial charge in [0.05, 0.1) is 13.2 Å². The Labute approximate surface area is 498 Å². The predicted octanol–water partition coefficient (Wildman–Crippen LogP) is 1.35. The zero-order chi connectivity index (χ0) is 62.5. The van der Waals surface area contributed by atoms with Gasteiger partial charge in [-0.2, -0.15) is 15.0 Å². The van der Waals surface area contributed by atoms with E-state index in [0.29, 0.717) is 148 Å². The molecular weight excluding hydrogens is 1110 g/mol. The Bertz CT molecular complexity index is 2150. The average molecular weight is 1210 g/mol. The van der Waals surface area contributed by atoms with Crippen LogP contribution in [0.5, 0.6) is 0 Å². The number of ketones is 5. The van der Waals surface area contributed by atoms with Gasteiger partial charge in [-0.05, 0) is 57.8 Å². The van der Waals surface area contributed by atoms with Crippen molar-refractivity contribution in [1.82, 2.24) is 30.5 Å². The maximum absolute atomic E-state index is 13.1. The van der Waals surface area contributed by atoms with Gasteiger partial charge in [0.1, 0.15) is 77.6 Å². The van der Waals surface area contributed by atoms with Gasteiger partial charge in [0.15, 0.2) is 12.6 Å². The third-order valence-corrected chi connectivity index (χ3v) is 15.1. The lowest BCUT2D eigenvalue weighted by atomic mass is 9.88. The van der Waals surface area contributed by atoms with Gasteiger partial charge in [-0.1, -0.05) is 33.6 Å². The summed E-state index contributed by atoms with van der Waals surface area (Å²) in [5.74, 6) is 0.253. The number of hydrogen-bond donors (Lipinski definition) is 10. The minimum atomic E-state index is -1.41. The third-order valence-electron chi connectivity index (χ3n) is 15.1. The second-order valence-corrected chi connectivity index (χ2v) is 23.3. The summed E-state index contributed by atoms with van der Waals surface area (Å²) in [4.78, 5) is 117. The third kappa shape index (κ3) is 26.3. The topological polar surface area (TPSA) is 388 Å². The maximum atomic E-state index is 13.1. The minimum Gasteiger partial charge on any atom is -0.394 e. The first-order valence-corrected chi connectivity index (χ1v) is 30.4. The molecule has 0 aliphatic carbocycles. The molecule has 1 aromatic rings. The van der Waals surface area contributed by atoms with Gasteiger partial charge in [-0.25, -0.2) is 0 Å². The molecule has 0 spiro atoms. The fourth-order valence-electron chi connectivity index (χ4n) is 10.00. The number of aliphatic hydroxyl groups is 6. The van der Waals surface area contributed by atoms with Gasteiger partial charge in [0.2, 0.25) is 35.6 Å². The van der Waals surface area contributed by atoms with Crippen LogP contribution in [-0.2, 0) is 57.3 Å². The largest absolute Gasteiger partial charge is 0.394 e. The molecule has 0 bridgehead atoms. The van der Waals surface area contributed by atoms with Crippen molar-refractivity contribution in [3.8, 4) is 0 Å². The van der Waals surface area contributed by atoms with Crippen LogP contribution in [-0.4, -0.2) is 224 Å². The highest BCUT2D eigenvalue weighted by Gasteiger charge is 2.46. The first-order valence-electron chi connectivity index (χ1n) is 30.4. The second kappa shape index (κ2) is 38.1. The molecule has 4 rings (SSSR count). The van der Waals surface area contributed by atoms with Crippen LogP contribution >= 0.6 is 0 Å². The van der Waals surface area contributed by atoms with E-state index >= 15 is 0 Å².